The highest BCUT2D eigenvalue weighted by molar-refractivity contribution is 6.11. The Morgan fingerprint density at radius 2 is 1.48 bits per heavy atom. The molecule has 1 aromatic carbocycles. The van der Waals surface area contributed by atoms with Gasteiger partial charge in [-0.1, -0.05) is 36.4 Å². The number of esters is 2. The van der Waals surface area contributed by atoms with Crippen molar-refractivity contribution in [2.75, 3.05) is 0 Å². The molecule has 1 aliphatic rings. The summed E-state index contributed by atoms with van der Waals surface area (Å²) in [5.74, 6) is -3.71. The molecule has 1 aromatic rings. The number of cyclic esters (lactones) is 2. The van der Waals surface area contributed by atoms with Gasteiger partial charge in [0.05, 0.1) is 5.57 Å². The Morgan fingerprint density at radius 1 is 0.913 bits per heavy atom. The fraction of sp³-hybridized carbons (Fsp3) is 0. The molecule has 0 fully saturated rings. The van der Waals surface area contributed by atoms with Gasteiger partial charge >= 0.3 is 23.9 Å². The summed E-state index contributed by atoms with van der Waals surface area (Å²) in [7, 11) is 0. The molecule has 0 unspecified atom stereocenters. The maximum atomic E-state index is 11.0. The first-order valence-corrected chi connectivity index (χ1v) is 6.23. The smallest absolute Gasteiger partial charge is 0.346 e. The molecule has 2 rings (SSSR count). The number of aliphatic carboxylic acids is 2. The van der Waals surface area contributed by atoms with Gasteiger partial charge in [0.15, 0.2) is 0 Å². The van der Waals surface area contributed by atoms with Crippen LogP contribution in [0.1, 0.15) is 5.56 Å². The van der Waals surface area contributed by atoms with Gasteiger partial charge in [-0.15, -0.1) is 0 Å². The molecule has 0 spiro atoms. The number of hydrogen-bond acceptors (Lipinski definition) is 5. The van der Waals surface area contributed by atoms with Crippen LogP contribution in [0.4, 0.5) is 0 Å². The topological polar surface area (TPSA) is 118 Å². The van der Waals surface area contributed by atoms with Crippen molar-refractivity contribution in [2.24, 2.45) is 0 Å². The van der Waals surface area contributed by atoms with Crippen LogP contribution in [-0.2, 0) is 23.9 Å². The Labute approximate surface area is 130 Å². The largest absolute Gasteiger partial charge is 0.478 e. The molecule has 1 heterocycles. The van der Waals surface area contributed by atoms with E-state index in [2.05, 4.69) is 4.74 Å². The lowest BCUT2D eigenvalue weighted by Crippen LogP contribution is -2.00. The van der Waals surface area contributed by atoms with Crippen molar-refractivity contribution in [1.29, 1.82) is 0 Å². The third-order valence-electron chi connectivity index (χ3n) is 2.33. The zero-order valence-corrected chi connectivity index (χ0v) is 11.7. The van der Waals surface area contributed by atoms with Crippen LogP contribution in [0.3, 0.4) is 0 Å². The molecule has 0 atom stereocenters. The molecular formula is C16H12O7. The Kier molecular flexibility index (Phi) is 6.67. The van der Waals surface area contributed by atoms with Crippen molar-refractivity contribution in [3.63, 3.8) is 0 Å². The van der Waals surface area contributed by atoms with Crippen molar-refractivity contribution in [2.45, 2.75) is 0 Å². The average Bonchev–Trinajstić information content (AvgIpc) is 2.83. The van der Waals surface area contributed by atoms with E-state index in [-0.39, 0.29) is 5.57 Å². The molecule has 7 nitrogen and oxygen atoms in total. The Bertz CT molecular complexity index is 680. The van der Waals surface area contributed by atoms with Gasteiger partial charge in [-0.25, -0.2) is 19.2 Å². The first kappa shape index (κ1) is 17.6. The van der Waals surface area contributed by atoms with E-state index in [0.717, 1.165) is 5.56 Å². The van der Waals surface area contributed by atoms with Gasteiger partial charge in [0.25, 0.3) is 0 Å². The monoisotopic (exact) mass is 316 g/mol. The normalized spacial score (nSPS) is 13.5. The fourth-order valence-electron chi connectivity index (χ4n) is 1.37. The minimum absolute atomic E-state index is 0.281. The number of carboxylic acid groups (broad SMARTS) is 2. The van der Waals surface area contributed by atoms with Crippen molar-refractivity contribution in [1.82, 2.24) is 0 Å². The lowest BCUT2D eigenvalue weighted by atomic mass is 10.1. The number of rotatable bonds is 4. The number of benzene rings is 1. The second-order valence-corrected chi connectivity index (χ2v) is 4.06. The molecule has 0 saturated carbocycles. The summed E-state index contributed by atoms with van der Waals surface area (Å²) in [5.41, 5.74) is 1.24. The summed E-state index contributed by atoms with van der Waals surface area (Å²) < 4.78 is 4.34. The molecule has 0 radical (unpaired) electrons. The predicted molar refractivity (Wildman–Crippen MR) is 79.1 cm³/mol. The third-order valence-corrected chi connectivity index (χ3v) is 2.33. The second-order valence-electron chi connectivity index (χ2n) is 4.06. The molecular weight excluding hydrogens is 304 g/mol. The average molecular weight is 316 g/mol. The van der Waals surface area contributed by atoms with E-state index in [1.165, 1.54) is 6.08 Å². The van der Waals surface area contributed by atoms with Crippen LogP contribution in [0.25, 0.3) is 6.08 Å². The zero-order valence-electron chi connectivity index (χ0n) is 11.7. The molecule has 0 aromatic heterocycles. The van der Waals surface area contributed by atoms with E-state index in [1.807, 2.05) is 30.3 Å². The van der Waals surface area contributed by atoms with Gasteiger partial charge in [-0.3, -0.25) is 0 Å². The van der Waals surface area contributed by atoms with Crippen LogP contribution in [0, 0.1) is 0 Å². The highest BCUT2D eigenvalue weighted by Gasteiger charge is 2.20. The van der Waals surface area contributed by atoms with Crippen LogP contribution >= 0.6 is 0 Å². The van der Waals surface area contributed by atoms with E-state index < -0.39 is 23.9 Å². The van der Waals surface area contributed by atoms with Gasteiger partial charge < -0.3 is 14.9 Å². The standard InChI is InChI=1S/C12H8O3.C4H4O4/c13-11-8-10(12(14)15-11)7-6-9-4-2-1-3-5-9;5-3(6)1-2-4(7)8/h1-8H;1-2H,(H,5,6)(H,7,8). The van der Waals surface area contributed by atoms with Crippen LogP contribution in [0.2, 0.25) is 0 Å². The summed E-state index contributed by atoms with van der Waals surface area (Å²) in [6.45, 7) is 0. The third kappa shape index (κ3) is 7.19. The Hall–Kier alpha value is -3.48. The summed E-state index contributed by atoms with van der Waals surface area (Å²) in [5, 5.41) is 15.6. The number of carbonyl (C=O) groups is 4. The van der Waals surface area contributed by atoms with Gasteiger partial charge in [0.2, 0.25) is 0 Å². The fourth-order valence-corrected chi connectivity index (χ4v) is 1.37. The lowest BCUT2D eigenvalue weighted by molar-refractivity contribution is -0.150. The maximum absolute atomic E-state index is 11.0. The molecule has 0 bridgehead atoms. The number of hydrogen-bond donors (Lipinski definition) is 2. The van der Waals surface area contributed by atoms with E-state index >= 15 is 0 Å². The highest BCUT2D eigenvalue weighted by Crippen LogP contribution is 2.11. The lowest BCUT2D eigenvalue weighted by Gasteiger charge is -1.91. The maximum Gasteiger partial charge on any atom is 0.346 e. The van der Waals surface area contributed by atoms with E-state index in [4.69, 9.17) is 10.2 Å². The summed E-state index contributed by atoms with van der Waals surface area (Å²) in [4.78, 5) is 40.9. The summed E-state index contributed by atoms with van der Waals surface area (Å²) in [6, 6.07) is 9.50. The SMILES string of the molecule is O=C(O)C=CC(=O)O.O=C1C=C(C=Cc2ccccc2)C(=O)O1. The number of carbonyl (C=O) groups excluding carboxylic acids is 2. The predicted octanol–water partition coefficient (Wildman–Crippen LogP) is 1.42. The zero-order chi connectivity index (χ0) is 17.2. The molecule has 118 valence electrons. The number of ether oxygens (including phenoxy) is 1. The van der Waals surface area contributed by atoms with Crippen LogP contribution in [-0.4, -0.2) is 34.1 Å². The molecule has 2 N–H and O–H groups in total. The van der Waals surface area contributed by atoms with Crippen LogP contribution in [0.15, 0.2) is 60.2 Å². The van der Waals surface area contributed by atoms with Crippen molar-refractivity contribution in [3.8, 4) is 0 Å². The van der Waals surface area contributed by atoms with Crippen molar-refractivity contribution >= 4 is 30.0 Å². The molecule has 1 aliphatic heterocycles. The van der Waals surface area contributed by atoms with Crippen molar-refractivity contribution in [3.05, 3.63) is 65.8 Å². The first-order chi connectivity index (χ1) is 10.9. The number of carboxylic acids is 2. The molecule has 7 heteroatoms. The highest BCUT2D eigenvalue weighted by atomic mass is 16.6. The van der Waals surface area contributed by atoms with Gasteiger partial charge in [0, 0.05) is 18.2 Å². The minimum atomic E-state index is -1.26. The van der Waals surface area contributed by atoms with Gasteiger partial charge in [-0.2, -0.15) is 0 Å². The van der Waals surface area contributed by atoms with Crippen LogP contribution < -0.4 is 0 Å². The molecule has 23 heavy (non-hydrogen) atoms. The molecule has 0 amide bonds. The molecule has 0 saturated heterocycles. The van der Waals surface area contributed by atoms with Crippen LogP contribution in [0.5, 0.6) is 0 Å². The Balaban J connectivity index is 0.000000284. The van der Waals surface area contributed by atoms with Crippen molar-refractivity contribution < 1.29 is 34.1 Å². The summed E-state index contributed by atoms with van der Waals surface area (Å²) >= 11 is 0. The van der Waals surface area contributed by atoms with E-state index in [9.17, 15) is 19.2 Å². The molecule has 0 aliphatic carbocycles. The van der Waals surface area contributed by atoms with E-state index in [0.29, 0.717) is 12.2 Å². The van der Waals surface area contributed by atoms with Gasteiger partial charge in [0.1, 0.15) is 0 Å². The van der Waals surface area contributed by atoms with Gasteiger partial charge in [-0.05, 0) is 11.6 Å². The van der Waals surface area contributed by atoms with E-state index in [1.54, 1.807) is 12.2 Å². The Morgan fingerprint density at radius 3 is 1.91 bits per heavy atom. The summed E-state index contributed by atoms with van der Waals surface area (Å²) in [6.07, 6.45) is 5.63. The first-order valence-electron chi connectivity index (χ1n) is 6.23. The second kappa shape index (κ2) is 8.73. The quantitative estimate of drug-likeness (QED) is 0.490. The minimum Gasteiger partial charge on any atom is -0.478 e.